The number of aromatic hydroxyl groups is 1. The molecule has 0 fully saturated rings. The number of nitrogens with zero attached hydrogens (tertiary/aromatic N) is 1. The number of hydrogen-bond acceptors (Lipinski definition) is 3. The van der Waals surface area contributed by atoms with Crippen molar-refractivity contribution < 1.29 is 15.0 Å². The van der Waals surface area contributed by atoms with Crippen LogP contribution in [0.1, 0.15) is 10.5 Å². The first-order valence-corrected chi connectivity index (χ1v) is 3.99. The highest BCUT2D eigenvalue weighted by Crippen LogP contribution is 2.23. The molecule has 0 bridgehead atoms. The fraction of sp³-hybridized carbons (Fsp3) is 0. The Labute approximate surface area is 79.4 Å². The molecule has 0 aliphatic rings. The molecule has 70 valence electrons. The Kier molecular flexibility index (Phi) is 1.81. The number of pyridine rings is 1. The number of aromatic carboxylic acids is 1. The van der Waals surface area contributed by atoms with Crippen molar-refractivity contribution in [2.45, 2.75) is 0 Å². The number of carboxylic acids is 1. The van der Waals surface area contributed by atoms with Gasteiger partial charge in [0.25, 0.3) is 0 Å². The lowest BCUT2D eigenvalue weighted by atomic mass is 10.1. The second-order valence-corrected chi connectivity index (χ2v) is 2.87. The van der Waals surface area contributed by atoms with Gasteiger partial charge in [-0.2, -0.15) is 0 Å². The zero-order chi connectivity index (χ0) is 10.1. The van der Waals surface area contributed by atoms with Gasteiger partial charge in [0.15, 0.2) is 0 Å². The van der Waals surface area contributed by atoms with E-state index < -0.39 is 5.97 Å². The standard InChI is InChI=1S/C10H7NO3/c12-9-3-1-2-6-5-11-8(10(13)14)4-7(6)9/h1-5,12H,(H,13,14). The lowest BCUT2D eigenvalue weighted by Crippen LogP contribution is -1.99. The van der Waals surface area contributed by atoms with Crippen LogP contribution in [0.15, 0.2) is 30.5 Å². The van der Waals surface area contributed by atoms with E-state index in [1.54, 1.807) is 12.1 Å². The summed E-state index contributed by atoms with van der Waals surface area (Å²) in [5.74, 6) is -1.04. The molecule has 0 amide bonds. The van der Waals surface area contributed by atoms with Crippen LogP contribution >= 0.6 is 0 Å². The Balaban J connectivity index is 2.76. The van der Waals surface area contributed by atoms with Gasteiger partial charge in [0.05, 0.1) is 0 Å². The molecule has 1 aromatic carbocycles. The minimum absolute atomic E-state index is 0.0624. The van der Waals surface area contributed by atoms with Gasteiger partial charge in [-0.25, -0.2) is 9.78 Å². The first-order chi connectivity index (χ1) is 6.68. The zero-order valence-corrected chi connectivity index (χ0v) is 7.14. The number of fused-ring (bicyclic) bond motifs is 1. The minimum Gasteiger partial charge on any atom is -0.507 e. The molecule has 0 aliphatic carbocycles. The van der Waals surface area contributed by atoms with Gasteiger partial charge in [-0.15, -0.1) is 0 Å². The molecule has 0 aliphatic heterocycles. The van der Waals surface area contributed by atoms with E-state index in [0.29, 0.717) is 5.39 Å². The van der Waals surface area contributed by atoms with Crippen LogP contribution in [0.5, 0.6) is 5.75 Å². The Hall–Kier alpha value is -2.10. The van der Waals surface area contributed by atoms with Crippen molar-refractivity contribution in [1.29, 1.82) is 0 Å². The number of phenolic OH excluding ortho intramolecular Hbond substituents is 1. The maximum absolute atomic E-state index is 10.6. The monoisotopic (exact) mass is 189 g/mol. The molecule has 2 aromatic rings. The van der Waals surface area contributed by atoms with Gasteiger partial charge in [0.1, 0.15) is 11.4 Å². The predicted octanol–water partition coefficient (Wildman–Crippen LogP) is 1.64. The zero-order valence-electron chi connectivity index (χ0n) is 7.14. The SMILES string of the molecule is O=C(O)c1cc2c(O)cccc2cn1. The van der Waals surface area contributed by atoms with Gasteiger partial charge < -0.3 is 10.2 Å². The van der Waals surface area contributed by atoms with E-state index in [1.165, 1.54) is 18.3 Å². The molecule has 1 aromatic heterocycles. The number of phenols is 1. The van der Waals surface area contributed by atoms with Crippen LogP contribution in [0.2, 0.25) is 0 Å². The fourth-order valence-corrected chi connectivity index (χ4v) is 1.27. The first-order valence-electron chi connectivity index (χ1n) is 3.99. The van der Waals surface area contributed by atoms with E-state index in [4.69, 9.17) is 5.11 Å². The number of benzene rings is 1. The summed E-state index contributed by atoms with van der Waals surface area (Å²) < 4.78 is 0. The molecule has 14 heavy (non-hydrogen) atoms. The average Bonchev–Trinajstić information content (AvgIpc) is 2.18. The molecule has 4 heteroatoms. The van der Waals surface area contributed by atoms with Gasteiger partial charge >= 0.3 is 5.97 Å². The summed E-state index contributed by atoms with van der Waals surface area (Å²) in [5.41, 5.74) is -0.0704. The lowest BCUT2D eigenvalue weighted by Gasteiger charge is -2.00. The molecular weight excluding hydrogens is 182 g/mol. The minimum atomic E-state index is -1.10. The second kappa shape index (κ2) is 2.99. The predicted molar refractivity (Wildman–Crippen MR) is 50.4 cm³/mol. The largest absolute Gasteiger partial charge is 0.507 e. The van der Waals surface area contributed by atoms with E-state index in [1.807, 2.05) is 0 Å². The molecule has 0 saturated carbocycles. The molecule has 0 unspecified atom stereocenters. The third kappa shape index (κ3) is 1.26. The maximum Gasteiger partial charge on any atom is 0.354 e. The van der Waals surface area contributed by atoms with Crippen molar-refractivity contribution in [1.82, 2.24) is 4.98 Å². The summed E-state index contributed by atoms with van der Waals surface area (Å²) in [6, 6.07) is 6.30. The fourth-order valence-electron chi connectivity index (χ4n) is 1.27. The van der Waals surface area contributed by atoms with Gasteiger partial charge in [-0.1, -0.05) is 12.1 Å². The Morgan fingerprint density at radius 1 is 1.36 bits per heavy atom. The molecule has 0 saturated heterocycles. The molecule has 0 spiro atoms. The van der Waals surface area contributed by atoms with Crippen molar-refractivity contribution in [2.24, 2.45) is 0 Å². The van der Waals surface area contributed by atoms with Crippen LogP contribution in [-0.4, -0.2) is 21.2 Å². The molecule has 4 nitrogen and oxygen atoms in total. The molecule has 2 rings (SSSR count). The summed E-state index contributed by atoms with van der Waals surface area (Å²) in [7, 11) is 0. The van der Waals surface area contributed by atoms with Gasteiger partial charge in [-0.05, 0) is 12.1 Å². The summed E-state index contributed by atoms with van der Waals surface area (Å²) in [4.78, 5) is 14.3. The van der Waals surface area contributed by atoms with Crippen LogP contribution in [0.4, 0.5) is 0 Å². The smallest absolute Gasteiger partial charge is 0.354 e. The highest BCUT2D eigenvalue weighted by molar-refractivity contribution is 5.94. The highest BCUT2D eigenvalue weighted by Gasteiger charge is 2.06. The van der Waals surface area contributed by atoms with Gasteiger partial charge in [0.2, 0.25) is 0 Å². The number of rotatable bonds is 1. The van der Waals surface area contributed by atoms with Crippen molar-refractivity contribution in [3.8, 4) is 5.75 Å². The van der Waals surface area contributed by atoms with Crippen LogP contribution in [0.25, 0.3) is 10.8 Å². The Morgan fingerprint density at radius 2 is 2.14 bits per heavy atom. The molecule has 1 heterocycles. The highest BCUT2D eigenvalue weighted by atomic mass is 16.4. The Morgan fingerprint density at radius 3 is 2.86 bits per heavy atom. The molecular formula is C10H7NO3. The maximum atomic E-state index is 10.6. The van der Waals surface area contributed by atoms with Crippen molar-refractivity contribution in [2.75, 3.05) is 0 Å². The van der Waals surface area contributed by atoms with E-state index >= 15 is 0 Å². The topological polar surface area (TPSA) is 70.4 Å². The summed E-state index contributed by atoms with van der Waals surface area (Å²) in [6.45, 7) is 0. The van der Waals surface area contributed by atoms with E-state index in [0.717, 1.165) is 5.39 Å². The third-order valence-electron chi connectivity index (χ3n) is 1.96. The quantitative estimate of drug-likeness (QED) is 0.715. The Bertz CT molecular complexity index is 508. The van der Waals surface area contributed by atoms with Crippen LogP contribution < -0.4 is 0 Å². The van der Waals surface area contributed by atoms with E-state index in [-0.39, 0.29) is 11.4 Å². The van der Waals surface area contributed by atoms with Crippen LogP contribution in [0.3, 0.4) is 0 Å². The number of hydrogen-bond donors (Lipinski definition) is 2. The van der Waals surface area contributed by atoms with Crippen LogP contribution in [-0.2, 0) is 0 Å². The average molecular weight is 189 g/mol. The van der Waals surface area contributed by atoms with Gasteiger partial charge in [-0.3, -0.25) is 0 Å². The molecule has 0 radical (unpaired) electrons. The van der Waals surface area contributed by atoms with Crippen molar-refractivity contribution in [3.05, 3.63) is 36.2 Å². The lowest BCUT2D eigenvalue weighted by molar-refractivity contribution is 0.0691. The molecule has 2 N–H and O–H groups in total. The normalized spacial score (nSPS) is 10.3. The van der Waals surface area contributed by atoms with E-state index in [9.17, 15) is 9.90 Å². The number of aromatic nitrogens is 1. The van der Waals surface area contributed by atoms with Crippen molar-refractivity contribution >= 4 is 16.7 Å². The second-order valence-electron chi connectivity index (χ2n) is 2.87. The number of carbonyl (C=O) groups is 1. The summed E-state index contributed by atoms with van der Waals surface area (Å²) in [5, 5.41) is 19.4. The molecule has 0 atom stereocenters. The third-order valence-corrected chi connectivity index (χ3v) is 1.96. The van der Waals surface area contributed by atoms with Gasteiger partial charge in [0, 0.05) is 17.0 Å². The van der Waals surface area contributed by atoms with Crippen LogP contribution in [0, 0.1) is 0 Å². The first kappa shape index (κ1) is 8.50. The van der Waals surface area contributed by atoms with E-state index in [2.05, 4.69) is 4.98 Å². The summed E-state index contributed by atoms with van der Waals surface area (Å²) >= 11 is 0. The number of carboxylic acid groups (broad SMARTS) is 1. The van der Waals surface area contributed by atoms with Crippen molar-refractivity contribution in [3.63, 3.8) is 0 Å². The summed E-state index contributed by atoms with van der Waals surface area (Å²) in [6.07, 6.45) is 1.43.